The zero-order valence-electron chi connectivity index (χ0n) is 20.0. The maximum Gasteiger partial charge on any atom is 0.265 e. The Morgan fingerprint density at radius 2 is 1.52 bits per heavy atom. The lowest BCUT2D eigenvalue weighted by atomic mass is 9.87. The van der Waals surface area contributed by atoms with E-state index in [1.54, 1.807) is 43.1 Å². The third-order valence-corrected chi connectivity index (χ3v) is 5.43. The van der Waals surface area contributed by atoms with Gasteiger partial charge in [0.25, 0.3) is 11.8 Å². The van der Waals surface area contributed by atoms with Crippen molar-refractivity contribution in [3.8, 4) is 5.75 Å². The summed E-state index contributed by atoms with van der Waals surface area (Å²) in [6, 6.07) is 24.6. The highest BCUT2D eigenvalue weighted by Gasteiger charge is 2.21. The van der Waals surface area contributed by atoms with Gasteiger partial charge in [-0.2, -0.15) is 0 Å². The molecular weight excluding hydrogens is 412 g/mol. The maximum absolute atomic E-state index is 13.1. The average molecular weight is 445 g/mol. The zero-order chi connectivity index (χ0) is 24.0. The third kappa shape index (κ3) is 6.45. The Kier molecular flexibility index (Phi) is 7.54. The number of ether oxygens (including phenoxy) is 1. The summed E-state index contributed by atoms with van der Waals surface area (Å²) in [6.07, 6.45) is -0.726. The van der Waals surface area contributed by atoms with Crippen LogP contribution < -0.4 is 10.1 Å². The van der Waals surface area contributed by atoms with Crippen molar-refractivity contribution in [1.29, 1.82) is 0 Å². The molecule has 1 unspecified atom stereocenters. The number of amides is 2. The molecule has 2 amide bonds. The Bertz CT molecular complexity index is 1090. The summed E-state index contributed by atoms with van der Waals surface area (Å²) in [7, 11) is 1.75. The van der Waals surface area contributed by atoms with E-state index < -0.39 is 6.10 Å². The minimum Gasteiger partial charge on any atom is -0.481 e. The largest absolute Gasteiger partial charge is 0.481 e. The van der Waals surface area contributed by atoms with Crippen LogP contribution >= 0.6 is 0 Å². The highest BCUT2D eigenvalue weighted by atomic mass is 16.5. The van der Waals surface area contributed by atoms with Crippen LogP contribution in [0.15, 0.2) is 78.9 Å². The van der Waals surface area contributed by atoms with E-state index in [1.165, 1.54) is 5.56 Å². The maximum atomic E-state index is 13.1. The van der Waals surface area contributed by atoms with Crippen LogP contribution in [-0.2, 0) is 16.8 Å². The predicted molar refractivity (Wildman–Crippen MR) is 133 cm³/mol. The normalized spacial score (nSPS) is 12.0. The summed E-state index contributed by atoms with van der Waals surface area (Å²) in [4.78, 5) is 27.5. The SMILES string of the molecule is CC(Oc1ccc(C(C)(C)C)cc1)C(=O)Nc1ccccc1C(=O)N(C)Cc1ccccc1. The van der Waals surface area contributed by atoms with Crippen LogP contribution in [0.1, 0.15) is 49.2 Å². The smallest absolute Gasteiger partial charge is 0.265 e. The minimum absolute atomic E-state index is 0.0471. The fourth-order valence-electron chi connectivity index (χ4n) is 3.44. The highest BCUT2D eigenvalue weighted by molar-refractivity contribution is 6.04. The van der Waals surface area contributed by atoms with Crippen molar-refractivity contribution in [2.45, 2.75) is 45.8 Å². The molecule has 0 aliphatic rings. The Balaban J connectivity index is 1.67. The molecule has 0 aliphatic heterocycles. The number of anilines is 1. The molecule has 5 heteroatoms. The molecule has 3 aromatic carbocycles. The molecule has 0 saturated heterocycles. The summed E-state index contributed by atoms with van der Waals surface area (Å²) < 4.78 is 5.84. The standard InChI is InChI=1S/C28H32N2O3/c1-20(33-23-17-15-22(16-18-23)28(2,3)4)26(31)29-25-14-10-9-13-24(25)27(32)30(5)19-21-11-7-6-8-12-21/h6-18,20H,19H2,1-5H3,(H,29,31). The van der Waals surface area contributed by atoms with E-state index in [9.17, 15) is 9.59 Å². The number of benzene rings is 3. The van der Waals surface area contributed by atoms with Crippen molar-refractivity contribution in [3.63, 3.8) is 0 Å². The minimum atomic E-state index is -0.726. The van der Waals surface area contributed by atoms with E-state index in [1.807, 2.05) is 54.6 Å². The Morgan fingerprint density at radius 1 is 0.909 bits per heavy atom. The number of nitrogens with one attached hydrogen (secondary N) is 1. The molecule has 172 valence electrons. The van der Waals surface area contributed by atoms with Crippen LogP contribution in [-0.4, -0.2) is 29.9 Å². The van der Waals surface area contributed by atoms with Gasteiger partial charge in [0.15, 0.2) is 6.10 Å². The van der Waals surface area contributed by atoms with E-state index in [4.69, 9.17) is 4.74 Å². The molecule has 0 aliphatic carbocycles. The molecule has 0 aromatic heterocycles. The van der Waals surface area contributed by atoms with Crippen LogP contribution in [0.25, 0.3) is 0 Å². The van der Waals surface area contributed by atoms with Gasteiger partial charge in [0.1, 0.15) is 5.75 Å². The van der Waals surface area contributed by atoms with E-state index in [0.29, 0.717) is 23.5 Å². The monoisotopic (exact) mass is 444 g/mol. The van der Waals surface area contributed by atoms with Crippen LogP contribution in [0, 0.1) is 0 Å². The molecule has 0 spiro atoms. The third-order valence-electron chi connectivity index (χ3n) is 5.43. The van der Waals surface area contributed by atoms with Gasteiger partial charge in [-0.15, -0.1) is 0 Å². The molecule has 0 radical (unpaired) electrons. The van der Waals surface area contributed by atoms with Crippen molar-refractivity contribution in [1.82, 2.24) is 4.90 Å². The fraction of sp³-hybridized carbons (Fsp3) is 0.286. The lowest BCUT2D eigenvalue weighted by molar-refractivity contribution is -0.122. The Morgan fingerprint density at radius 3 is 2.15 bits per heavy atom. The Labute approximate surface area is 196 Å². The van der Waals surface area contributed by atoms with Crippen molar-refractivity contribution in [2.24, 2.45) is 0 Å². The van der Waals surface area contributed by atoms with Gasteiger partial charge in [-0.3, -0.25) is 9.59 Å². The second-order valence-electron chi connectivity index (χ2n) is 9.22. The first kappa shape index (κ1) is 24.1. The molecule has 33 heavy (non-hydrogen) atoms. The van der Waals surface area contributed by atoms with E-state index in [0.717, 1.165) is 5.56 Å². The molecule has 3 rings (SSSR count). The lowest BCUT2D eigenvalue weighted by Gasteiger charge is -2.21. The summed E-state index contributed by atoms with van der Waals surface area (Å²) in [5.74, 6) is 0.138. The number of carbonyl (C=O) groups excluding carboxylic acids is 2. The van der Waals surface area contributed by atoms with Gasteiger partial charge < -0.3 is 15.0 Å². The number of hydrogen-bond donors (Lipinski definition) is 1. The number of rotatable bonds is 7. The summed E-state index contributed by atoms with van der Waals surface area (Å²) in [5.41, 5.74) is 3.18. The molecule has 3 aromatic rings. The van der Waals surface area contributed by atoms with E-state index >= 15 is 0 Å². The van der Waals surface area contributed by atoms with Gasteiger partial charge in [0.2, 0.25) is 0 Å². The van der Waals surface area contributed by atoms with Crippen LogP contribution in [0.3, 0.4) is 0 Å². The topological polar surface area (TPSA) is 58.6 Å². The van der Waals surface area contributed by atoms with Gasteiger partial charge in [-0.1, -0.05) is 75.4 Å². The second kappa shape index (κ2) is 10.3. The molecule has 1 N–H and O–H groups in total. The molecule has 0 heterocycles. The first-order valence-corrected chi connectivity index (χ1v) is 11.1. The highest BCUT2D eigenvalue weighted by Crippen LogP contribution is 2.25. The van der Waals surface area contributed by atoms with Crippen molar-refractivity contribution < 1.29 is 14.3 Å². The fourth-order valence-corrected chi connectivity index (χ4v) is 3.44. The molecule has 1 atom stereocenters. The zero-order valence-corrected chi connectivity index (χ0v) is 20.0. The molecule has 0 bridgehead atoms. The van der Waals surface area contributed by atoms with E-state index in [2.05, 4.69) is 26.1 Å². The number of nitrogens with zero attached hydrogens (tertiary/aromatic N) is 1. The molecule has 0 fully saturated rings. The molecular formula is C28H32N2O3. The first-order chi connectivity index (χ1) is 15.6. The summed E-state index contributed by atoms with van der Waals surface area (Å²) in [6.45, 7) is 8.61. The van der Waals surface area contributed by atoms with Crippen LogP contribution in [0.2, 0.25) is 0 Å². The van der Waals surface area contributed by atoms with Gasteiger partial charge in [-0.05, 0) is 47.7 Å². The van der Waals surface area contributed by atoms with E-state index in [-0.39, 0.29) is 17.2 Å². The van der Waals surface area contributed by atoms with Crippen molar-refractivity contribution >= 4 is 17.5 Å². The van der Waals surface area contributed by atoms with Crippen molar-refractivity contribution in [3.05, 3.63) is 95.6 Å². The summed E-state index contributed by atoms with van der Waals surface area (Å²) >= 11 is 0. The molecule has 5 nitrogen and oxygen atoms in total. The van der Waals surface area contributed by atoms with Gasteiger partial charge in [0.05, 0.1) is 11.3 Å². The van der Waals surface area contributed by atoms with Gasteiger partial charge >= 0.3 is 0 Å². The van der Waals surface area contributed by atoms with Gasteiger partial charge in [0, 0.05) is 13.6 Å². The predicted octanol–water partition coefficient (Wildman–Crippen LogP) is 5.66. The second-order valence-corrected chi connectivity index (χ2v) is 9.22. The lowest BCUT2D eigenvalue weighted by Crippen LogP contribution is -2.32. The number of hydrogen-bond acceptors (Lipinski definition) is 3. The number of para-hydroxylation sites is 1. The average Bonchev–Trinajstić information content (AvgIpc) is 2.79. The summed E-state index contributed by atoms with van der Waals surface area (Å²) in [5, 5.41) is 2.85. The quantitative estimate of drug-likeness (QED) is 0.511. The van der Waals surface area contributed by atoms with Gasteiger partial charge in [-0.25, -0.2) is 0 Å². The van der Waals surface area contributed by atoms with Crippen molar-refractivity contribution in [2.75, 3.05) is 12.4 Å². The molecule has 0 saturated carbocycles. The Hall–Kier alpha value is -3.60. The van der Waals surface area contributed by atoms with Crippen LogP contribution in [0.4, 0.5) is 5.69 Å². The first-order valence-electron chi connectivity index (χ1n) is 11.1. The van der Waals surface area contributed by atoms with Crippen LogP contribution in [0.5, 0.6) is 5.75 Å². The number of carbonyl (C=O) groups is 2.